The number of amides is 3. The van der Waals surface area contributed by atoms with Crippen LogP contribution in [-0.2, 0) is 33.8 Å². The molecule has 2 aromatic carbocycles. The fourth-order valence-electron chi connectivity index (χ4n) is 6.59. The van der Waals surface area contributed by atoms with E-state index in [1.54, 1.807) is 16.9 Å². The zero-order chi connectivity index (χ0) is 32.8. The van der Waals surface area contributed by atoms with Gasteiger partial charge in [-0.1, -0.05) is 42.5 Å². The maximum atomic E-state index is 13.8. The van der Waals surface area contributed by atoms with Gasteiger partial charge in [-0.15, -0.1) is 0 Å². The van der Waals surface area contributed by atoms with Gasteiger partial charge in [0.25, 0.3) is 0 Å². The monoisotopic (exact) mass is 638 g/mol. The minimum atomic E-state index is -0.536. The Hall–Kier alpha value is -4.87. The van der Waals surface area contributed by atoms with Crippen molar-refractivity contribution < 1.29 is 19.1 Å². The van der Waals surface area contributed by atoms with Crippen molar-refractivity contribution >= 4 is 28.8 Å². The number of ether oxygens (including phenoxy) is 1. The highest BCUT2D eigenvalue weighted by molar-refractivity contribution is 5.88. The van der Waals surface area contributed by atoms with Crippen molar-refractivity contribution in [3.05, 3.63) is 77.5 Å². The lowest BCUT2D eigenvalue weighted by Crippen LogP contribution is -2.53. The molecular weight excluding hydrogens is 596 g/mol. The van der Waals surface area contributed by atoms with E-state index in [1.165, 1.54) is 0 Å². The van der Waals surface area contributed by atoms with Crippen LogP contribution in [0, 0.1) is 6.92 Å². The Kier molecular flexibility index (Phi) is 10.0. The molecule has 0 aliphatic carbocycles. The number of aryl methyl sites for hydroxylation is 2. The molecular formula is C35H42N8O4. The molecule has 1 N–H and O–H groups in total. The highest BCUT2D eigenvalue weighted by Gasteiger charge is 2.34. The quantitative estimate of drug-likeness (QED) is 0.339. The lowest BCUT2D eigenvalue weighted by atomic mass is 9.99. The summed E-state index contributed by atoms with van der Waals surface area (Å²) in [7, 11) is 1.56. The fraction of sp³-hybridized carbons (Fsp3) is 0.457. The van der Waals surface area contributed by atoms with Crippen LogP contribution in [0.2, 0.25) is 0 Å². The number of hydrogen-bond acceptors (Lipinski definition) is 8. The molecule has 12 nitrogen and oxygen atoms in total. The predicted molar refractivity (Wildman–Crippen MR) is 175 cm³/mol. The first-order valence-corrected chi connectivity index (χ1v) is 16.5. The summed E-state index contributed by atoms with van der Waals surface area (Å²) in [5.41, 5.74) is 3.15. The van der Waals surface area contributed by atoms with Gasteiger partial charge in [0.05, 0.1) is 30.7 Å². The van der Waals surface area contributed by atoms with E-state index in [0.717, 1.165) is 29.4 Å². The van der Waals surface area contributed by atoms with E-state index in [-0.39, 0.29) is 30.6 Å². The van der Waals surface area contributed by atoms with E-state index in [1.807, 2.05) is 66.2 Å². The molecule has 47 heavy (non-hydrogen) atoms. The maximum Gasteiger partial charge on any atom is 0.243 e. The summed E-state index contributed by atoms with van der Waals surface area (Å²) in [4.78, 5) is 58.7. The van der Waals surface area contributed by atoms with Crippen LogP contribution in [-0.4, -0.2) is 85.0 Å². The molecule has 246 valence electrons. The summed E-state index contributed by atoms with van der Waals surface area (Å²) >= 11 is 0. The molecule has 4 aromatic rings. The molecule has 0 spiro atoms. The molecule has 0 unspecified atom stereocenters. The number of carbonyl (C=O) groups is 3. The number of methoxy groups -OCH3 is 1. The van der Waals surface area contributed by atoms with E-state index in [0.29, 0.717) is 75.1 Å². The van der Waals surface area contributed by atoms with Gasteiger partial charge in [0.2, 0.25) is 23.6 Å². The van der Waals surface area contributed by atoms with Gasteiger partial charge in [-0.2, -0.15) is 5.10 Å². The summed E-state index contributed by atoms with van der Waals surface area (Å²) in [6.45, 7) is 3.56. The molecule has 4 heterocycles. The minimum absolute atomic E-state index is 0.0510. The van der Waals surface area contributed by atoms with Crippen molar-refractivity contribution in [3.63, 3.8) is 0 Å². The number of para-hydroxylation sites is 2. The number of nitrogens with one attached hydrogen (secondary N) is 1. The van der Waals surface area contributed by atoms with E-state index in [2.05, 4.69) is 15.4 Å². The fourth-order valence-corrected chi connectivity index (χ4v) is 6.59. The highest BCUT2D eigenvalue weighted by atomic mass is 16.5. The predicted octanol–water partition coefficient (Wildman–Crippen LogP) is 3.57. The summed E-state index contributed by atoms with van der Waals surface area (Å²) < 4.78 is 7.33. The van der Waals surface area contributed by atoms with Crippen molar-refractivity contribution in [2.45, 2.75) is 76.9 Å². The molecule has 6 rings (SSSR count). The first-order valence-electron chi connectivity index (χ1n) is 16.5. The van der Waals surface area contributed by atoms with Crippen LogP contribution >= 0.6 is 0 Å². The second-order valence-electron chi connectivity index (χ2n) is 12.2. The van der Waals surface area contributed by atoms with Crippen LogP contribution in [0.4, 0.5) is 0 Å². The SMILES string of the molecule is COc1nc2ccccc2nc1CCC(=O)N1CCCC(=O)N2CCCC[C@H]2C(=O)N[C@H](Cc2ccccc2)c2nc(C)nn2CC1. The van der Waals surface area contributed by atoms with Crippen LogP contribution in [0.1, 0.15) is 67.5 Å². The zero-order valence-electron chi connectivity index (χ0n) is 27.1. The summed E-state index contributed by atoms with van der Waals surface area (Å²) in [6.07, 6.45) is 4.21. The second kappa shape index (κ2) is 14.7. The topological polar surface area (TPSA) is 135 Å². The molecule has 2 atom stereocenters. The van der Waals surface area contributed by atoms with E-state index >= 15 is 0 Å². The van der Waals surface area contributed by atoms with Crippen molar-refractivity contribution in [2.24, 2.45) is 0 Å². The van der Waals surface area contributed by atoms with E-state index < -0.39 is 12.1 Å². The number of benzene rings is 2. The molecule has 2 aromatic heterocycles. The molecule has 2 aliphatic heterocycles. The van der Waals surface area contributed by atoms with Crippen LogP contribution in [0.5, 0.6) is 5.88 Å². The molecule has 0 bridgehead atoms. The second-order valence-corrected chi connectivity index (χ2v) is 12.2. The van der Waals surface area contributed by atoms with Crippen molar-refractivity contribution in [1.82, 2.24) is 39.8 Å². The van der Waals surface area contributed by atoms with Gasteiger partial charge < -0.3 is 19.9 Å². The minimum Gasteiger partial charge on any atom is -0.480 e. The van der Waals surface area contributed by atoms with Gasteiger partial charge in [-0.3, -0.25) is 14.4 Å². The lowest BCUT2D eigenvalue weighted by molar-refractivity contribution is -0.143. The summed E-state index contributed by atoms with van der Waals surface area (Å²) in [5.74, 6) is 1.37. The summed E-state index contributed by atoms with van der Waals surface area (Å²) in [5, 5.41) is 7.93. The molecule has 1 fully saturated rings. The number of nitrogens with zero attached hydrogens (tertiary/aromatic N) is 7. The zero-order valence-corrected chi connectivity index (χ0v) is 27.1. The first kappa shape index (κ1) is 32.1. The van der Waals surface area contributed by atoms with E-state index in [4.69, 9.17) is 14.7 Å². The van der Waals surface area contributed by atoms with Gasteiger partial charge in [-0.25, -0.2) is 19.6 Å². The standard InChI is InChI=1S/C35H42N8O4/c1-24-36-33-29(23-25-11-4-3-5-12-25)38-34(46)30-15-8-9-20-42(30)32(45)16-10-19-41(21-22-43(33)40-24)31(44)18-17-28-35(47-2)39-27-14-7-6-13-26(27)37-28/h3-7,11-14,29-30H,8-10,15-23H2,1-2H3,(H,38,46)/t29-,30+/m1/s1. The third-order valence-corrected chi connectivity index (χ3v) is 8.97. The van der Waals surface area contributed by atoms with Crippen LogP contribution < -0.4 is 10.1 Å². The molecule has 1 saturated heterocycles. The Morgan fingerprint density at radius 3 is 2.47 bits per heavy atom. The summed E-state index contributed by atoms with van der Waals surface area (Å²) in [6, 6.07) is 16.5. The Morgan fingerprint density at radius 1 is 0.915 bits per heavy atom. The van der Waals surface area contributed by atoms with Crippen LogP contribution in [0.25, 0.3) is 11.0 Å². The smallest absolute Gasteiger partial charge is 0.243 e. The average Bonchev–Trinajstić information content (AvgIpc) is 3.47. The molecule has 3 amide bonds. The third kappa shape index (κ3) is 7.58. The van der Waals surface area contributed by atoms with Gasteiger partial charge in [0.15, 0.2) is 0 Å². The Labute approximate surface area is 274 Å². The Balaban J connectivity index is 1.26. The Morgan fingerprint density at radius 2 is 1.68 bits per heavy atom. The van der Waals surface area contributed by atoms with Gasteiger partial charge >= 0.3 is 0 Å². The number of piperidine rings is 1. The van der Waals surface area contributed by atoms with Crippen molar-refractivity contribution in [3.8, 4) is 5.88 Å². The van der Waals surface area contributed by atoms with Crippen molar-refractivity contribution in [2.75, 3.05) is 26.7 Å². The van der Waals surface area contributed by atoms with Crippen LogP contribution in [0.3, 0.4) is 0 Å². The van der Waals surface area contributed by atoms with E-state index in [9.17, 15) is 14.4 Å². The molecule has 0 radical (unpaired) electrons. The third-order valence-electron chi connectivity index (χ3n) is 8.97. The Bertz CT molecular complexity index is 1730. The largest absolute Gasteiger partial charge is 0.480 e. The lowest BCUT2D eigenvalue weighted by Gasteiger charge is -2.36. The number of aromatic nitrogens is 5. The van der Waals surface area contributed by atoms with Gasteiger partial charge in [0, 0.05) is 38.9 Å². The van der Waals surface area contributed by atoms with Gasteiger partial charge in [-0.05, 0) is 56.7 Å². The number of carbonyl (C=O) groups excluding carboxylic acids is 3. The number of hydrogen-bond donors (Lipinski definition) is 1. The highest BCUT2D eigenvalue weighted by Crippen LogP contribution is 2.24. The average molecular weight is 639 g/mol. The van der Waals surface area contributed by atoms with Crippen LogP contribution in [0.15, 0.2) is 54.6 Å². The molecule has 12 heteroatoms. The number of fused-ring (bicyclic) bond motifs is 3. The first-order chi connectivity index (χ1) is 22.9. The van der Waals surface area contributed by atoms with Crippen molar-refractivity contribution in [1.29, 1.82) is 0 Å². The molecule has 0 saturated carbocycles. The maximum absolute atomic E-state index is 13.8. The normalized spacial score (nSPS) is 19.4. The number of rotatable bonds is 6. The molecule has 2 aliphatic rings. The van der Waals surface area contributed by atoms with Gasteiger partial charge in [0.1, 0.15) is 23.4 Å².